The first-order valence-corrected chi connectivity index (χ1v) is 6.26. The maximum atomic E-state index is 12.0. The van der Waals surface area contributed by atoms with E-state index >= 15 is 0 Å². The van der Waals surface area contributed by atoms with Crippen LogP contribution in [0.2, 0.25) is 0 Å². The summed E-state index contributed by atoms with van der Waals surface area (Å²) in [6.45, 7) is 5.28. The lowest BCUT2D eigenvalue weighted by Crippen LogP contribution is -2.42. The van der Waals surface area contributed by atoms with E-state index in [2.05, 4.69) is 24.5 Å². The second-order valence-electron chi connectivity index (χ2n) is 5.00. The summed E-state index contributed by atoms with van der Waals surface area (Å²) in [5.74, 6) is 1.23. The van der Waals surface area contributed by atoms with Crippen LogP contribution in [0.3, 0.4) is 0 Å². The summed E-state index contributed by atoms with van der Waals surface area (Å²) in [7, 11) is 0. The fraction of sp³-hybridized carbons (Fsp3) is 0.917. The van der Waals surface area contributed by atoms with Crippen molar-refractivity contribution in [1.82, 2.24) is 10.6 Å². The summed E-state index contributed by atoms with van der Waals surface area (Å²) in [5, 5.41) is 6.56. The zero-order chi connectivity index (χ0) is 10.8. The average molecular weight is 210 g/mol. The minimum Gasteiger partial charge on any atom is -0.353 e. The zero-order valence-corrected chi connectivity index (χ0v) is 9.75. The van der Waals surface area contributed by atoms with E-state index in [1.54, 1.807) is 0 Å². The highest BCUT2D eigenvalue weighted by atomic mass is 16.2. The topological polar surface area (TPSA) is 41.1 Å². The van der Waals surface area contributed by atoms with E-state index in [0.29, 0.717) is 12.1 Å². The molecule has 15 heavy (non-hydrogen) atoms. The van der Waals surface area contributed by atoms with Gasteiger partial charge in [0.05, 0.1) is 5.92 Å². The van der Waals surface area contributed by atoms with Gasteiger partial charge in [0.25, 0.3) is 0 Å². The van der Waals surface area contributed by atoms with Gasteiger partial charge in [-0.25, -0.2) is 0 Å². The lowest BCUT2D eigenvalue weighted by Gasteiger charge is -2.20. The van der Waals surface area contributed by atoms with Crippen molar-refractivity contribution < 1.29 is 4.79 Å². The van der Waals surface area contributed by atoms with E-state index in [1.807, 2.05) is 0 Å². The standard InChI is InChI=1S/C12H22N2O/c1-3-11-10(6-7-13-11)12(15)14-8(2)9-4-5-9/h8-11,13H,3-7H2,1-2H3,(H,14,15). The van der Waals surface area contributed by atoms with Crippen LogP contribution in [0.5, 0.6) is 0 Å². The van der Waals surface area contributed by atoms with E-state index in [-0.39, 0.29) is 11.8 Å². The summed E-state index contributed by atoms with van der Waals surface area (Å²) >= 11 is 0. The number of carbonyl (C=O) groups excluding carboxylic acids is 1. The monoisotopic (exact) mass is 210 g/mol. The van der Waals surface area contributed by atoms with Gasteiger partial charge in [-0.3, -0.25) is 4.79 Å². The third-order valence-corrected chi connectivity index (χ3v) is 3.82. The molecule has 2 N–H and O–H groups in total. The molecule has 1 aliphatic heterocycles. The van der Waals surface area contributed by atoms with Crippen LogP contribution in [0.25, 0.3) is 0 Å². The molecule has 2 fully saturated rings. The lowest BCUT2D eigenvalue weighted by atomic mass is 9.97. The van der Waals surface area contributed by atoms with Gasteiger partial charge in [-0.2, -0.15) is 0 Å². The van der Waals surface area contributed by atoms with Crippen molar-refractivity contribution in [3.05, 3.63) is 0 Å². The summed E-state index contributed by atoms with van der Waals surface area (Å²) in [4.78, 5) is 12.0. The van der Waals surface area contributed by atoms with E-state index in [0.717, 1.165) is 25.3 Å². The van der Waals surface area contributed by atoms with Gasteiger partial charge in [0, 0.05) is 12.1 Å². The molecule has 3 atom stereocenters. The van der Waals surface area contributed by atoms with E-state index in [1.165, 1.54) is 12.8 Å². The second-order valence-corrected chi connectivity index (χ2v) is 5.00. The molecular formula is C12H22N2O. The molecule has 2 rings (SSSR count). The predicted molar refractivity (Wildman–Crippen MR) is 60.5 cm³/mol. The summed E-state index contributed by atoms with van der Waals surface area (Å²) in [5.41, 5.74) is 0. The molecule has 0 aromatic heterocycles. The molecule has 3 unspecified atom stereocenters. The summed E-state index contributed by atoms with van der Waals surface area (Å²) in [6, 6.07) is 0.784. The Hall–Kier alpha value is -0.570. The summed E-state index contributed by atoms with van der Waals surface area (Å²) in [6.07, 6.45) is 4.64. The Bertz CT molecular complexity index is 238. The molecule has 0 aromatic carbocycles. The van der Waals surface area contributed by atoms with Gasteiger partial charge < -0.3 is 10.6 Å². The van der Waals surface area contributed by atoms with Gasteiger partial charge in [-0.1, -0.05) is 6.92 Å². The minimum absolute atomic E-state index is 0.205. The largest absolute Gasteiger partial charge is 0.353 e. The highest BCUT2D eigenvalue weighted by Gasteiger charge is 2.34. The quantitative estimate of drug-likeness (QED) is 0.734. The third-order valence-electron chi connectivity index (χ3n) is 3.82. The first-order valence-electron chi connectivity index (χ1n) is 6.26. The van der Waals surface area contributed by atoms with Gasteiger partial charge in [-0.15, -0.1) is 0 Å². The van der Waals surface area contributed by atoms with Crippen LogP contribution < -0.4 is 10.6 Å². The maximum Gasteiger partial charge on any atom is 0.224 e. The van der Waals surface area contributed by atoms with Crippen LogP contribution in [0, 0.1) is 11.8 Å². The first kappa shape index (κ1) is 10.9. The van der Waals surface area contributed by atoms with E-state index < -0.39 is 0 Å². The second kappa shape index (κ2) is 4.52. The van der Waals surface area contributed by atoms with Crippen LogP contribution in [0.4, 0.5) is 0 Å². The molecule has 0 aromatic rings. The average Bonchev–Trinajstić information content (AvgIpc) is 2.96. The van der Waals surface area contributed by atoms with Crippen molar-refractivity contribution in [3.63, 3.8) is 0 Å². The predicted octanol–water partition coefficient (Wildman–Crippen LogP) is 1.29. The fourth-order valence-corrected chi connectivity index (χ4v) is 2.56. The molecule has 1 saturated carbocycles. The van der Waals surface area contributed by atoms with Crippen molar-refractivity contribution in [3.8, 4) is 0 Å². The molecule has 1 amide bonds. The van der Waals surface area contributed by atoms with Crippen LogP contribution >= 0.6 is 0 Å². The lowest BCUT2D eigenvalue weighted by molar-refractivity contribution is -0.126. The number of amides is 1. The molecule has 0 spiro atoms. The Morgan fingerprint density at radius 3 is 2.80 bits per heavy atom. The number of hydrogen-bond acceptors (Lipinski definition) is 2. The Morgan fingerprint density at radius 2 is 2.20 bits per heavy atom. The molecule has 1 aliphatic carbocycles. The smallest absolute Gasteiger partial charge is 0.224 e. The van der Waals surface area contributed by atoms with Gasteiger partial charge in [-0.05, 0) is 45.1 Å². The van der Waals surface area contributed by atoms with Crippen LogP contribution in [-0.2, 0) is 4.79 Å². The van der Waals surface area contributed by atoms with Crippen molar-refractivity contribution >= 4 is 5.91 Å². The molecule has 0 radical (unpaired) electrons. The fourth-order valence-electron chi connectivity index (χ4n) is 2.56. The molecule has 3 heteroatoms. The molecular weight excluding hydrogens is 188 g/mol. The Kier molecular flexibility index (Phi) is 3.29. The minimum atomic E-state index is 0.205. The van der Waals surface area contributed by atoms with Crippen molar-refractivity contribution in [2.75, 3.05) is 6.54 Å². The maximum absolute atomic E-state index is 12.0. The summed E-state index contributed by atoms with van der Waals surface area (Å²) < 4.78 is 0. The Balaban J connectivity index is 1.83. The number of nitrogens with one attached hydrogen (secondary N) is 2. The number of carbonyl (C=O) groups is 1. The van der Waals surface area contributed by atoms with Crippen molar-refractivity contribution in [2.45, 2.75) is 51.6 Å². The van der Waals surface area contributed by atoms with Crippen LogP contribution in [-0.4, -0.2) is 24.5 Å². The van der Waals surface area contributed by atoms with E-state index in [4.69, 9.17) is 0 Å². The Labute approximate surface area is 92.0 Å². The third kappa shape index (κ3) is 2.51. The van der Waals surface area contributed by atoms with Gasteiger partial charge >= 0.3 is 0 Å². The normalized spacial score (nSPS) is 32.7. The van der Waals surface area contributed by atoms with Crippen LogP contribution in [0.15, 0.2) is 0 Å². The first-order chi connectivity index (χ1) is 7.22. The SMILES string of the molecule is CCC1NCCC1C(=O)NC(C)C1CC1. The Morgan fingerprint density at radius 1 is 1.47 bits per heavy atom. The highest BCUT2D eigenvalue weighted by Crippen LogP contribution is 2.32. The van der Waals surface area contributed by atoms with Gasteiger partial charge in [0.1, 0.15) is 0 Å². The molecule has 3 nitrogen and oxygen atoms in total. The molecule has 0 bridgehead atoms. The van der Waals surface area contributed by atoms with E-state index in [9.17, 15) is 4.79 Å². The van der Waals surface area contributed by atoms with Crippen LogP contribution in [0.1, 0.15) is 39.5 Å². The van der Waals surface area contributed by atoms with Gasteiger partial charge in [0.15, 0.2) is 0 Å². The number of hydrogen-bond donors (Lipinski definition) is 2. The number of rotatable bonds is 4. The highest BCUT2D eigenvalue weighted by molar-refractivity contribution is 5.80. The molecule has 1 saturated heterocycles. The van der Waals surface area contributed by atoms with Crippen molar-refractivity contribution in [1.29, 1.82) is 0 Å². The molecule has 2 aliphatic rings. The van der Waals surface area contributed by atoms with Crippen molar-refractivity contribution in [2.24, 2.45) is 11.8 Å². The molecule has 86 valence electrons. The zero-order valence-electron chi connectivity index (χ0n) is 9.75. The van der Waals surface area contributed by atoms with Gasteiger partial charge in [0.2, 0.25) is 5.91 Å². The molecule has 1 heterocycles.